The molecule has 0 saturated carbocycles. The third kappa shape index (κ3) is 6.62. The zero-order chi connectivity index (χ0) is 15.0. The van der Waals surface area contributed by atoms with Gasteiger partial charge in [0.2, 0.25) is 0 Å². The molecular weight excluding hydrogens is 284 g/mol. The topological polar surface area (TPSA) is 102 Å². The molecule has 1 heterocycles. The second kappa shape index (κ2) is 8.53. The smallest absolute Gasteiger partial charge is 0.304 e. The lowest BCUT2D eigenvalue weighted by Gasteiger charge is -2.27. The summed E-state index contributed by atoms with van der Waals surface area (Å²) in [6, 6.07) is 0. The van der Waals surface area contributed by atoms with Gasteiger partial charge in [-0.2, -0.15) is 12.7 Å². The first-order chi connectivity index (χ1) is 9.42. The van der Waals surface area contributed by atoms with E-state index in [1.807, 2.05) is 0 Å². The molecule has 0 aromatic heterocycles. The summed E-state index contributed by atoms with van der Waals surface area (Å²) in [6.07, 6.45) is 0.546. The Balaban J connectivity index is 2.19. The molecule has 1 rings (SSSR count). The highest BCUT2D eigenvalue weighted by Gasteiger charge is 2.17. The van der Waals surface area contributed by atoms with E-state index < -0.39 is 16.2 Å². The monoisotopic (exact) mass is 308 g/mol. The minimum atomic E-state index is -3.57. The molecule has 0 spiro atoms. The lowest BCUT2D eigenvalue weighted by atomic mass is 10.3. The van der Waals surface area contributed by atoms with Crippen molar-refractivity contribution in [2.45, 2.75) is 12.8 Å². The van der Waals surface area contributed by atoms with Crippen molar-refractivity contribution in [1.82, 2.24) is 19.2 Å². The van der Waals surface area contributed by atoms with Gasteiger partial charge in [-0.3, -0.25) is 4.79 Å². The predicted molar refractivity (Wildman–Crippen MR) is 75.7 cm³/mol. The Morgan fingerprint density at radius 1 is 1.40 bits per heavy atom. The van der Waals surface area contributed by atoms with E-state index in [1.165, 1.54) is 7.05 Å². The summed E-state index contributed by atoms with van der Waals surface area (Å²) in [7, 11) is -2.19. The van der Waals surface area contributed by atoms with E-state index in [4.69, 9.17) is 5.11 Å². The van der Waals surface area contributed by atoms with Crippen molar-refractivity contribution in [3.05, 3.63) is 0 Å². The van der Waals surface area contributed by atoms with Gasteiger partial charge in [0.25, 0.3) is 10.2 Å². The Morgan fingerprint density at radius 2 is 2.05 bits per heavy atom. The molecule has 1 saturated heterocycles. The molecule has 1 aliphatic rings. The van der Waals surface area contributed by atoms with Crippen LogP contribution in [-0.2, 0) is 15.0 Å². The average Bonchev–Trinajstić information content (AvgIpc) is 2.42. The normalized spacial score (nSPS) is 17.5. The summed E-state index contributed by atoms with van der Waals surface area (Å²) in [5, 5.41) is 11.8. The minimum Gasteiger partial charge on any atom is -0.481 e. The van der Waals surface area contributed by atoms with Crippen LogP contribution in [-0.4, -0.2) is 81.6 Å². The molecule has 3 N–H and O–H groups in total. The third-order valence-corrected chi connectivity index (χ3v) is 4.77. The van der Waals surface area contributed by atoms with Crippen LogP contribution in [0.2, 0.25) is 0 Å². The van der Waals surface area contributed by atoms with Crippen molar-refractivity contribution >= 4 is 16.2 Å². The Kier molecular flexibility index (Phi) is 7.38. The molecule has 1 fully saturated rings. The molecular formula is C11H24N4O4S. The van der Waals surface area contributed by atoms with Crippen molar-refractivity contribution in [1.29, 1.82) is 0 Å². The van der Waals surface area contributed by atoms with Crippen LogP contribution in [0.1, 0.15) is 12.8 Å². The van der Waals surface area contributed by atoms with E-state index in [0.29, 0.717) is 6.54 Å². The summed E-state index contributed by atoms with van der Waals surface area (Å²) >= 11 is 0. The Labute approximate surface area is 120 Å². The number of hydrogen-bond acceptors (Lipinski definition) is 5. The zero-order valence-electron chi connectivity index (χ0n) is 11.8. The summed E-state index contributed by atoms with van der Waals surface area (Å²) < 4.78 is 27.1. The number of nitrogens with zero attached hydrogens (tertiary/aromatic N) is 2. The number of piperazine rings is 1. The highest BCUT2D eigenvalue weighted by Crippen LogP contribution is 1.98. The quantitative estimate of drug-likeness (QED) is 0.449. The van der Waals surface area contributed by atoms with Gasteiger partial charge >= 0.3 is 5.97 Å². The van der Waals surface area contributed by atoms with Gasteiger partial charge < -0.3 is 15.3 Å². The van der Waals surface area contributed by atoms with Crippen molar-refractivity contribution in [3.63, 3.8) is 0 Å². The van der Waals surface area contributed by atoms with Gasteiger partial charge in [-0.25, -0.2) is 4.72 Å². The first-order valence-corrected chi connectivity index (χ1v) is 8.21. The lowest BCUT2D eigenvalue weighted by molar-refractivity contribution is -0.137. The van der Waals surface area contributed by atoms with Gasteiger partial charge in [0.15, 0.2) is 0 Å². The number of carboxylic acid groups (broad SMARTS) is 1. The van der Waals surface area contributed by atoms with Crippen LogP contribution in [0.3, 0.4) is 0 Å². The van der Waals surface area contributed by atoms with Crippen LogP contribution in [0.5, 0.6) is 0 Å². The lowest BCUT2D eigenvalue weighted by Crippen LogP contribution is -2.45. The van der Waals surface area contributed by atoms with Gasteiger partial charge in [-0.15, -0.1) is 0 Å². The van der Waals surface area contributed by atoms with Gasteiger partial charge in [-0.1, -0.05) is 0 Å². The highest BCUT2D eigenvalue weighted by molar-refractivity contribution is 7.87. The van der Waals surface area contributed by atoms with Crippen LogP contribution in [0.15, 0.2) is 0 Å². The minimum absolute atomic E-state index is 0.0253. The molecule has 0 aromatic carbocycles. The summed E-state index contributed by atoms with van der Waals surface area (Å²) in [5.74, 6) is -1.01. The number of aliphatic carboxylic acids is 1. The number of rotatable bonds is 9. The van der Waals surface area contributed by atoms with E-state index in [1.54, 1.807) is 0 Å². The first kappa shape index (κ1) is 17.3. The van der Waals surface area contributed by atoms with E-state index >= 15 is 0 Å². The molecule has 0 aliphatic carbocycles. The van der Waals surface area contributed by atoms with Crippen molar-refractivity contribution in [2.24, 2.45) is 0 Å². The molecule has 0 atom stereocenters. The summed E-state index contributed by atoms with van der Waals surface area (Å²) in [4.78, 5) is 12.7. The average molecular weight is 308 g/mol. The Morgan fingerprint density at radius 3 is 2.65 bits per heavy atom. The van der Waals surface area contributed by atoms with Gasteiger partial charge in [-0.05, 0) is 13.0 Å². The molecule has 1 aliphatic heterocycles. The Bertz CT molecular complexity index is 395. The zero-order valence-corrected chi connectivity index (χ0v) is 12.7. The fourth-order valence-electron chi connectivity index (χ4n) is 1.92. The molecule has 20 heavy (non-hydrogen) atoms. The Hall–Kier alpha value is -0.740. The molecule has 0 unspecified atom stereocenters. The molecule has 8 nitrogen and oxygen atoms in total. The molecule has 0 radical (unpaired) electrons. The van der Waals surface area contributed by atoms with E-state index in [2.05, 4.69) is 14.9 Å². The van der Waals surface area contributed by atoms with E-state index in [-0.39, 0.29) is 13.0 Å². The van der Waals surface area contributed by atoms with Gasteiger partial charge in [0.1, 0.15) is 0 Å². The van der Waals surface area contributed by atoms with Crippen molar-refractivity contribution in [3.8, 4) is 0 Å². The van der Waals surface area contributed by atoms with E-state index in [9.17, 15) is 13.2 Å². The fraction of sp³-hybridized carbons (Fsp3) is 0.909. The number of carboxylic acids is 1. The standard InChI is InChI=1S/C11H24N4O4S/c1-14(8-3-11(16)17)20(18,19)13-4-2-7-15-9-5-12-6-10-15/h12-13H,2-10H2,1H3,(H,16,17). The number of carbonyl (C=O) groups is 1. The summed E-state index contributed by atoms with van der Waals surface area (Å²) in [6.45, 7) is 5.14. The van der Waals surface area contributed by atoms with E-state index in [0.717, 1.165) is 43.4 Å². The van der Waals surface area contributed by atoms with Crippen LogP contribution in [0, 0.1) is 0 Å². The second-order valence-corrected chi connectivity index (χ2v) is 6.67. The fourth-order valence-corrected chi connectivity index (χ4v) is 2.88. The maximum Gasteiger partial charge on any atom is 0.304 e. The maximum atomic E-state index is 11.8. The van der Waals surface area contributed by atoms with Crippen LogP contribution in [0.4, 0.5) is 0 Å². The largest absolute Gasteiger partial charge is 0.481 e. The number of nitrogens with one attached hydrogen (secondary N) is 2. The van der Waals surface area contributed by atoms with Crippen molar-refractivity contribution in [2.75, 3.05) is 52.9 Å². The molecule has 0 aromatic rings. The molecule has 0 amide bonds. The van der Waals surface area contributed by atoms with Crippen LogP contribution >= 0.6 is 0 Å². The SMILES string of the molecule is CN(CCC(=O)O)S(=O)(=O)NCCCN1CCNCC1. The van der Waals surface area contributed by atoms with Crippen molar-refractivity contribution < 1.29 is 18.3 Å². The molecule has 0 bridgehead atoms. The summed E-state index contributed by atoms with van der Waals surface area (Å²) in [5.41, 5.74) is 0. The first-order valence-electron chi connectivity index (χ1n) is 6.77. The molecule has 9 heteroatoms. The third-order valence-electron chi connectivity index (χ3n) is 3.20. The molecule has 118 valence electrons. The van der Waals surface area contributed by atoms with Crippen LogP contribution < -0.4 is 10.0 Å². The highest BCUT2D eigenvalue weighted by atomic mass is 32.2. The maximum absolute atomic E-state index is 11.8. The van der Waals surface area contributed by atoms with Gasteiger partial charge in [0.05, 0.1) is 6.42 Å². The van der Waals surface area contributed by atoms with Crippen LogP contribution in [0.25, 0.3) is 0 Å². The number of hydrogen-bond donors (Lipinski definition) is 3. The predicted octanol–water partition coefficient (Wildman–Crippen LogP) is -1.48. The van der Waals surface area contributed by atoms with Gasteiger partial charge in [0, 0.05) is 46.3 Å². The second-order valence-electron chi connectivity index (χ2n) is 4.81.